The van der Waals surface area contributed by atoms with Crippen LogP contribution in [-0.2, 0) is 0 Å². The second-order valence-corrected chi connectivity index (χ2v) is 6.15. The van der Waals surface area contributed by atoms with E-state index in [1.54, 1.807) is 7.05 Å². The van der Waals surface area contributed by atoms with Crippen molar-refractivity contribution in [3.63, 3.8) is 0 Å². The molecule has 1 aliphatic carbocycles. The summed E-state index contributed by atoms with van der Waals surface area (Å²) in [5.74, 6) is 2.24. The van der Waals surface area contributed by atoms with E-state index in [1.165, 1.54) is 12.2 Å². The molecule has 0 amide bonds. The Morgan fingerprint density at radius 3 is 2.78 bits per heavy atom. The second-order valence-electron chi connectivity index (χ2n) is 4.23. The second kappa shape index (κ2) is 6.43. The third kappa shape index (κ3) is 3.62. The maximum Gasteiger partial charge on any atom is 0.229 e. The average Bonchev–Trinajstić information content (AvgIpc) is 2.76. The van der Waals surface area contributed by atoms with Gasteiger partial charge in [-0.1, -0.05) is 6.92 Å². The summed E-state index contributed by atoms with van der Waals surface area (Å²) in [6.45, 7) is 2.20. The van der Waals surface area contributed by atoms with Crippen molar-refractivity contribution in [2.24, 2.45) is 0 Å². The zero-order chi connectivity index (χ0) is 13.0. The fraction of sp³-hybridized carbons (Fsp3) is 0.727. The van der Waals surface area contributed by atoms with Gasteiger partial charge in [0, 0.05) is 18.3 Å². The van der Waals surface area contributed by atoms with Crippen LogP contribution in [0.4, 0.5) is 11.9 Å². The summed E-state index contributed by atoms with van der Waals surface area (Å²) in [4.78, 5) is 12.3. The van der Waals surface area contributed by atoms with Gasteiger partial charge in [0.25, 0.3) is 0 Å². The molecule has 1 aromatic rings. The molecule has 0 aliphatic heterocycles. The van der Waals surface area contributed by atoms with Crippen LogP contribution in [0.3, 0.4) is 0 Å². The van der Waals surface area contributed by atoms with E-state index in [1.807, 2.05) is 11.8 Å². The Balaban J connectivity index is 1.95. The topological polar surface area (TPSA) is 62.7 Å². The Morgan fingerprint density at radius 1 is 1.28 bits per heavy atom. The van der Waals surface area contributed by atoms with E-state index < -0.39 is 0 Å². The number of aromatic nitrogens is 3. The lowest BCUT2D eigenvalue weighted by Crippen LogP contribution is -2.18. The van der Waals surface area contributed by atoms with Gasteiger partial charge < -0.3 is 10.6 Å². The fourth-order valence-corrected chi connectivity index (χ4v) is 3.47. The van der Waals surface area contributed by atoms with Crippen LogP contribution >= 0.6 is 23.4 Å². The highest BCUT2D eigenvalue weighted by Gasteiger charge is 2.25. The van der Waals surface area contributed by atoms with Crippen LogP contribution in [0.1, 0.15) is 26.2 Å². The van der Waals surface area contributed by atoms with Crippen LogP contribution in [0.25, 0.3) is 0 Å². The van der Waals surface area contributed by atoms with E-state index in [-0.39, 0.29) is 5.28 Å². The Bertz CT molecular complexity index is 403. The lowest BCUT2D eigenvalue weighted by atomic mass is 10.2. The van der Waals surface area contributed by atoms with Crippen molar-refractivity contribution < 1.29 is 0 Å². The largest absolute Gasteiger partial charge is 0.357 e. The molecule has 18 heavy (non-hydrogen) atoms. The van der Waals surface area contributed by atoms with Gasteiger partial charge in [-0.3, -0.25) is 0 Å². The van der Waals surface area contributed by atoms with Crippen LogP contribution in [0.2, 0.25) is 5.28 Å². The van der Waals surface area contributed by atoms with Crippen LogP contribution < -0.4 is 10.6 Å². The molecule has 0 spiro atoms. The van der Waals surface area contributed by atoms with Gasteiger partial charge in [0.2, 0.25) is 17.2 Å². The molecule has 2 unspecified atom stereocenters. The smallest absolute Gasteiger partial charge is 0.229 e. The Hall–Kier alpha value is -0.750. The maximum atomic E-state index is 5.85. The van der Waals surface area contributed by atoms with Crippen molar-refractivity contribution in [3.8, 4) is 0 Å². The van der Waals surface area contributed by atoms with Crippen molar-refractivity contribution in [1.29, 1.82) is 0 Å². The SMILES string of the molecule is CCSC1CCC(Nc2nc(Cl)nc(NC)n2)C1. The van der Waals surface area contributed by atoms with E-state index in [4.69, 9.17) is 11.6 Å². The van der Waals surface area contributed by atoms with Gasteiger partial charge in [0.05, 0.1) is 0 Å². The molecular weight excluding hydrogens is 270 g/mol. The number of nitrogens with zero attached hydrogens (tertiary/aromatic N) is 3. The first-order valence-corrected chi connectivity index (χ1v) is 7.61. The van der Waals surface area contributed by atoms with Crippen LogP contribution in [0.15, 0.2) is 0 Å². The molecule has 1 aromatic heterocycles. The predicted molar refractivity (Wildman–Crippen MR) is 77.6 cm³/mol. The molecule has 5 nitrogen and oxygen atoms in total. The number of nitrogens with one attached hydrogen (secondary N) is 2. The lowest BCUT2D eigenvalue weighted by Gasteiger charge is -2.13. The molecule has 0 radical (unpaired) electrons. The van der Waals surface area contributed by atoms with Crippen molar-refractivity contribution in [3.05, 3.63) is 5.28 Å². The van der Waals surface area contributed by atoms with E-state index in [0.717, 1.165) is 18.1 Å². The molecule has 1 heterocycles. The van der Waals surface area contributed by atoms with Gasteiger partial charge in [-0.05, 0) is 36.6 Å². The summed E-state index contributed by atoms with van der Waals surface area (Å²) in [6, 6.07) is 0.442. The minimum absolute atomic E-state index is 0.217. The molecule has 2 atom stereocenters. The molecule has 100 valence electrons. The normalized spacial score (nSPS) is 23.1. The number of anilines is 2. The molecule has 0 saturated heterocycles. The third-order valence-electron chi connectivity index (χ3n) is 2.95. The number of hydrogen-bond donors (Lipinski definition) is 2. The summed E-state index contributed by atoms with van der Waals surface area (Å²) >= 11 is 7.88. The summed E-state index contributed by atoms with van der Waals surface area (Å²) in [5, 5.41) is 7.19. The third-order valence-corrected chi connectivity index (χ3v) is 4.35. The lowest BCUT2D eigenvalue weighted by molar-refractivity contribution is 0.744. The van der Waals surface area contributed by atoms with Crippen molar-refractivity contribution >= 4 is 35.3 Å². The van der Waals surface area contributed by atoms with Gasteiger partial charge >= 0.3 is 0 Å². The quantitative estimate of drug-likeness (QED) is 0.868. The highest BCUT2D eigenvalue weighted by Crippen LogP contribution is 2.31. The molecule has 2 rings (SSSR count). The maximum absolute atomic E-state index is 5.85. The number of halogens is 1. The molecular formula is C11H18ClN5S. The van der Waals surface area contributed by atoms with Gasteiger partial charge in [0.1, 0.15) is 0 Å². The average molecular weight is 288 g/mol. The zero-order valence-electron chi connectivity index (χ0n) is 10.6. The van der Waals surface area contributed by atoms with E-state index >= 15 is 0 Å². The summed E-state index contributed by atoms with van der Waals surface area (Å²) < 4.78 is 0. The number of rotatable bonds is 5. The molecule has 0 aromatic carbocycles. The first-order chi connectivity index (χ1) is 8.71. The van der Waals surface area contributed by atoms with Gasteiger partial charge in [-0.15, -0.1) is 0 Å². The molecule has 0 bridgehead atoms. The van der Waals surface area contributed by atoms with Gasteiger partial charge in [0.15, 0.2) is 0 Å². The molecule has 7 heteroatoms. The van der Waals surface area contributed by atoms with Crippen molar-refractivity contribution in [2.45, 2.75) is 37.5 Å². The summed E-state index contributed by atoms with van der Waals surface area (Å²) in [7, 11) is 1.76. The standard InChI is InChI=1S/C11H18ClN5S/c1-3-18-8-5-4-7(6-8)14-11-16-9(12)15-10(13-2)17-11/h7-8H,3-6H2,1-2H3,(H2,13,14,15,16,17). The van der Waals surface area contributed by atoms with Crippen LogP contribution in [0.5, 0.6) is 0 Å². The van der Waals surface area contributed by atoms with Gasteiger partial charge in [-0.25, -0.2) is 0 Å². The fourth-order valence-electron chi connectivity index (χ4n) is 2.17. The minimum Gasteiger partial charge on any atom is -0.357 e. The Labute approximate surface area is 117 Å². The van der Waals surface area contributed by atoms with Crippen LogP contribution in [-0.4, -0.2) is 39.0 Å². The monoisotopic (exact) mass is 287 g/mol. The number of thioether (sulfide) groups is 1. The summed E-state index contributed by atoms with van der Waals surface area (Å²) in [5.41, 5.74) is 0. The first kappa shape index (κ1) is 13.7. The van der Waals surface area contributed by atoms with E-state index in [0.29, 0.717) is 17.9 Å². The predicted octanol–water partition coefficient (Wildman–Crippen LogP) is 2.65. The molecule has 2 N–H and O–H groups in total. The minimum atomic E-state index is 0.217. The van der Waals surface area contributed by atoms with Gasteiger partial charge in [-0.2, -0.15) is 26.7 Å². The van der Waals surface area contributed by atoms with E-state index in [9.17, 15) is 0 Å². The van der Waals surface area contributed by atoms with Crippen molar-refractivity contribution in [2.75, 3.05) is 23.4 Å². The first-order valence-electron chi connectivity index (χ1n) is 6.18. The molecule has 1 saturated carbocycles. The highest BCUT2D eigenvalue weighted by molar-refractivity contribution is 7.99. The summed E-state index contributed by atoms with van der Waals surface area (Å²) in [6.07, 6.45) is 3.58. The highest BCUT2D eigenvalue weighted by atomic mass is 35.5. The Morgan fingerprint density at radius 2 is 2.06 bits per heavy atom. The van der Waals surface area contributed by atoms with Crippen LogP contribution in [0, 0.1) is 0 Å². The Kier molecular flexibility index (Phi) is 4.88. The van der Waals surface area contributed by atoms with Crippen molar-refractivity contribution in [1.82, 2.24) is 15.0 Å². The van der Waals surface area contributed by atoms with E-state index in [2.05, 4.69) is 32.5 Å². The zero-order valence-corrected chi connectivity index (χ0v) is 12.2. The molecule has 1 fully saturated rings. The molecule has 1 aliphatic rings. The number of hydrogen-bond acceptors (Lipinski definition) is 6.